The lowest BCUT2D eigenvalue weighted by atomic mass is 9.81. The van der Waals surface area contributed by atoms with Gasteiger partial charge in [0.2, 0.25) is 0 Å². The first kappa shape index (κ1) is 32.8. The van der Waals surface area contributed by atoms with Crippen molar-refractivity contribution < 1.29 is 28.6 Å². The molecule has 1 unspecified atom stereocenters. The number of para-hydroxylation sites is 1. The van der Waals surface area contributed by atoms with Crippen LogP contribution in [0.4, 0.5) is 4.79 Å². The van der Waals surface area contributed by atoms with Gasteiger partial charge in [-0.15, -0.1) is 0 Å². The van der Waals surface area contributed by atoms with Gasteiger partial charge in [0.05, 0.1) is 0 Å². The molecule has 2 aromatic carbocycles. The van der Waals surface area contributed by atoms with Gasteiger partial charge in [-0.3, -0.25) is 14.5 Å². The van der Waals surface area contributed by atoms with Gasteiger partial charge in [-0.1, -0.05) is 62.4 Å². The fourth-order valence-corrected chi connectivity index (χ4v) is 4.27. The molecule has 1 aliphatic rings. The van der Waals surface area contributed by atoms with E-state index in [0.29, 0.717) is 25.3 Å². The van der Waals surface area contributed by atoms with E-state index in [1.165, 1.54) is 0 Å². The quantitative estimate of drug-likeness (QED) is 0.338. The summed E-state index contributed by atoms with van der Waals surface area (Å²) in [5, 5.41) is 3.15. The number of carbonyl (C=O) groups excluding carboxylic acids is 3. The molecule has 1 saturated heterocycles. The Hall–Kier alpha value is -3.43. The van der Waals surface area contributed by atoms with Crippen molar-refractivity contribution in [1.82, 2.24) is 15.1 Å². The Bertz CT molecular complexity index is 1030. The Morgan fingerprint density at radius 2 is 1.50 bits per heavy atom. The average molecular weight is 556 g/mol. The topological polar surface area (TPSA) is 97.4 Å². The van der Waals surface area contributed by atoms with Crippen LogP contribution in [-0.2, 0) is 25.7 Å². The molecule has 0 aliphatic carbocycles. The van der Waals surface area contributed by atoms with Crippen LogP contribution in [0.3, 0.4) is 0 Å². The minimum Gasteiger partial charge on any atom is -0.460 e. The number of hydrogen-bond acceptors (Lipinski definition) is 8. The van der Waals surface area contributed by atoms with Crippen molar-refractivity contribution in [3.8, 4) is 5.75 Å². The third kappa shape index (κ3) is 11.8. The molecular weight excluding hydrogens is 510 g/mol. The molecule has 1 N–H and O–H groups in total. The smallest absolute Gasteiger partial charge is 0.410 e. The molecular formula is C31H45N3O6. The van der Waals surface area contributed by atoms with Crippen LogP contribution < -0.4 is 10.1 Å². The monoisotopic (exact) mass is 555 g/mol. The second kappa shape index (κ2) is 16.0. The third-order valence-electron chi connectivity index (χ3n) is 6.55. The van der Waals surface area contributed by atoms with E-state index < -0.39 is 5.60 Å². The van der Waals surface area contributed by atoms with Crippen molar-refractivity contribution >= 4 is 18.5 Å². The summed E-state index contributed by atoms with van der Waals surface area (Å²) >= 11 is 0. The standard InChI is InChI=1S/C24H39N3O4.C7H6O2/c1-23(2,3)31-22(29)27-16-14-26(15-17-27)13-12-24(4,5)20(25-6)21(28)30-18-19-10-8-7-9-11-19;8-6-9-7-4-2-1-3-5-7/h7-11,20,25H,12-18H2,1-6H3;1-6H. The molecule has 220 valence electrons. The highest BCUT2D eigenvalue weighted by molar-refractivity contribution is 5.76. The van der Waals surface area contributed by atoms with Crippen molar-refractivity contribution in [1.29, 1.82) is 0 Å². The Balaban J connectivity index is 0.000000526. The highest BCUT2D eigenvalue weighted by atomic mass is 16.6. The first-order chi connectivity index (χ1) is 18.9. The zero-order valence-corrected chi connectivity index (χ0v) is 24.7. The molecule has 0 saturated carbocycles. The molecule has 1 atom stereocenters. The summed E-state index contributed by atoms with van der Waals surface area (Å²) in [5.74, 6) is 0.346. The lowest BCUT2D eigenvalue weighted by Gasteiger charge is -2.38. The maximum absolute atomic E-state index is 12.7. The molecule has 9 heteroatoms. The predicted molar refractivity (Wildman–Crippen MR) is 155 cm³/mol. The summed E-state index contributed by atoms with van der Waals surface area (Å²) in [5.41, 5.74) is 0.228. The molecule has 1 aliphatic heterocycles. The van der Waals surface area contributed by atoms with Gasteiger partial charge in [-0.25, -0.2) is 4.79 Å². The van der Waals surface area contributed by atoms with Gasteiger partial charge < -0.3 is 24.4 Å². The Morgan fingerprint density at radius 3 is 2.02 bits per heavy atom. The molecule has 9 nitrogen and oxygen atoms in total. The molecule has 0 bridgehead atoms. The van der Waals surface area contributed by atoms with Crippen LogP contribution in [0.5, 0.6) is 5.75 Å². The van der Waals surface area contributed by atoms with Gasteiger partial charge in [0.15, 0.2) is 0 Å². The Morgan fingerprint density at radius 1 is 0.925 bits per heavy atom. The molecule has 2 aromatic rings. The van der Waals surface area contributed by atoms with Crippen LogP contribution >= 0.6 is 0 Å². The van der Waals surface area contributed by atoms with E-state index in [2.05, 4.69) is 28.8 Å². The van der Waals surface area contributed by atoms with Gasteiger partial charge >= 0.3 is 12.1 Å². The number of ether oxygens (including phenoxy) is 3. The normalized spacial score (nSPS) is 14.8. The summed E-state index contributed by atoms with van der Waals surface area (Å²) < 4.78 is 15.6. The maximum atomic E-state index is 12.7. The van der Waals surface area contributed by atoms with Gasteiger partial charge in [-0.2, -0.15) is 0 Å². The molecule has 1 heterocycles. The third-order valence-corrected chi connectivity index (χ3v) is 6.55. The number of esters is 1. The van der Waals surface area contributed by atoms with Gasteiger partial charge in [-0.05, 0) is 63.9 Å². The maximum Gasteiger partial charge on any atom is 0.410 e. The number of likely N-dealkylation sites (N-methyl/N-ethyl adjacent to an activating group) is 1. The number of piperazine rings is 1. The number of nitrogens with zero attached hydrogens (tertiary/aromatic N) is 2. The van der Waals surface area contributed by atoms with E-state index in [-0.39, 0.29) is 30.1 Å². The van der Waals surface area contributed by atoms with Gasteiger partial charge in [0.25, 0.3) is 6.47 Å². The Kier molecular flexibility index (Phi) is 13.1. The van der Waals surface area contributed by atoms with Crippen molar-refractivity contribution in [3.05, 3.63) is 66.2 Å². The lowest BCUT2D eigenvalue weighted by molar-refractivity contribution is -0.150. The second-order valence-electron chi connectivity index (χ2n) is 11.4. The van der Waals surface area contributed by atoms with Crippen LogP contribution in [0.1, 0.15) is 46.6 Å². The highest BCUT2D eigenvalue weighted by Crippen LogP contribution is 2.27. The second-order valence-corrected chi connectivity index (χ2v) is 11.4. The molecule has 0 spiro atoms. The van der Waals surface area contributed by atoms with Crippen molar-refractivity contribution in [2.45, 2.75) is 59.3 Å². The van der Waals surface area contributed by atoms with Gasteiger partial charge in [0.1, 0.15) is 24.0 Å². The summed E-state index contributed by atoms with van der Waals surface area (Å²) in [6.45, 7) is 14.3. The lowest BCUT2D eigenvalue weighted by Crippen LogP contribution is -2.52. The number of rotatable bonds is 10. The SMILES string of the molecule is CNC(C(=O)OCc1ccccc1)C(C)(C)CCN1CCN(C(=O)OC(C)(C)C)CC1.O=COc1ccccc1. The number of nitrogens with one attached hydrogen (secondary N) is 1. The summed E-state index contributed by atoms with van der Waals surface area (Å²) in [6.07, 6.45) is 0.592. The fourth-order valence-electron chi connectivity index (χ4n) is 4.27. The highest BCUT2D eigenvalue weighted by Gasteiger charge is 2.36. The fraction of sp³-hybridized carbons (Fsp3) is 0.516. The molecule has 1 fully saturated rings. The Labute approximate surface area is 238 Å². The van der Waals surface area contributed by atoms with E-state index in [1.807, 2.05) is 57.2 Å². The zero-order chi connectivity index (χ0) is 29.6. The van der Waals surface area contributed by atoms with Crippen LogP contribution in [0.2, 0.25) is 0 Å². The van der Waals surface area contributed by atoms with Crippen molar-refractivity contribution in [2.75, 3.05) is 39.8 Å². The number of hydrogen-bond donors (Lipinski definition) is 1. The molecule has 0 aromatic heterocycles. The summed E-state index contributed by atoms with van der Waals surface area (Å²) in [4.78, 5) is 38.8. The van der Waals surface area contributed by atoms with E-state index in [4.69, 9.17) is 9.47 Å². The number of amides is 1. The van der Waals surface area contributed by atoms with Crippen molar-refractivity contribution in [3.63, 3.8) is 0 Å². The van der Waals surface area contributed by atoms with E-state index in [0.717, 1.165) is 31.6 Å². The summed E-state index contributed by atoms with van der Waals surface area (Å²) in [6, 6.07) is 18.2. The minimum absolute atomic E-state index is 0.230. The van der Waals surface area contributed by atoms with E-state index >= 15 is 0 Å². The van der Waals surface area contributed by atoms with Crippen molar-refractivity contribution in [2.24, 2.45) is 5.41 Å². The van der Waals surface area contributed by atoms with Crippen LogP contribution in [0.25, 0.3) is 0 Å². The van der Waals surface area contributed by atoms with Gasteiger partial charge in [0, 0.05) is 26.2 Å². The first-order valence-corrected chi connectivity index (χ1v) is 13.7. The first-order valence-electron chi connectivity index (χ1n) is 13.7. The average Bonchev–Trinajstić information content (AvgIpc) is 2.92. The molecule has 1 amide bonds. The number of benzene rings is 2. The minimum atomic E-state index is -0.477. The molecule has 0 radical (unpaired) electrons. The zero-order valence-electron chi connectivity index (χ0n) is 24.7. The molecule has 3 rings (SSSR count). The number of carbonyl (C=O) groups is 3. The van der Waals surface area contributed by atoms with E-state index in [1.54, 1.807) is 36.2 Å². The predicted octanol–water partition coefficient (Wildman–Crippen LogP) is 4.51. The largest absolute Gasteiger partial charge is 0.460 e. The van der Waals surface area contributed by atoms with Crippen LogP contribution in [0, 0.1) is 5.41 Å². The van der Waals surface area contributed by atoms with E-state index in [9.17, 15) is 14.4 Å². The molecule has 40 heavy (non-hydrogen) atoms. The van der Waals surface area contributed by atoms with Crippen LogP contribution in [-0.4, -0.2) is 79.7 Å². The summed E-state index contributed by atoms with van der Waals surface area (Å²) in [7, 11) is 1.80. The van der Waals surface area contributed by atoms with Crippen LogP contribution in [0.15, 0.2) is 60.7 Å².